The van der Waals surface area contributed by atoms with Crippen LogP contribution in [0.5, 0.6) is 0 Å². The van der Waals surface area contributed by atoms with E-state index < -0.39 is 6.10 Å². The van der Waals surface area contributed by atoms with Crippen molar-refractivity contribution in [2.45, 2.75) is 76.6 Å². The van der Waals surface area contributed by atoms with Gasteiger partial charge in [-0.2, -0.15) is 0 Å². The standard InChI is InChI=1S/C24H34O4/c1-17(15-19(25)14-13-18-9-5-4-6-10-18)24-20-11-7-2-3-8-12-23(27)28-22(20)16-21(24)26/h2,4-7,9-10,17,19-22,24-26H,3,8,11-16H2,1H3/b7-2-/t17-,19-,20-,21+,22-,24+/m0/s1. The highest BCUT2D eigenvalue weighted by atomic mass is 16.5. The SMILES string of the molecule is C[C@@H](C[C@@H](O)CCc1ccccc1)[C@@H]1[C@H]2C/C=C\CCCC(=O)O[C@H]2C[C@H]1O. The van der Waals surface area contributed by atoms with Gasteiger partial charge in [0.2, 0.25) is 0 Å². The maximum atomic E-state index is 12.1. The van der Waals surface area contributed by atoms with Crippen LogP contribution in [0.25, 0.3) is 0 Å². The Labute approximate surface area is 168 Å². The van der Waals surface area contributed by atoms with Crippen molar-refractivity contribution in [3.8, 4) is 0 Å². The second kappa shape index (κ2) is 10.2. The van der Waals surface area contributed by atoms with E-state index in [2.05, 4.69) is 31.2 Å². The largest absolute Gasteiger partial charge is 0.462 e. The number of hydrogen-bond acceptors (Lipinski definition) is 4. The van der Waals surface area contributed by atoms with Gasteiger partial charge in [0.1, 0.15) is 6.10 Å². The van der Waals surface area contributed by atoms with Crippen molar-refractivity contribution in [1.82, 2.24) is 0 Å². The molecule has 1 saturated carbocycles. The van der Waals surface area contributed by atoms with Crippen molar-refractivity contribution in [2.24, 2.45) is 17.8 Å². The summed E-state index contributed by atoms with van der Waals surface area (Å²) in [6, 6.07) is 10.2. The molecule has 1 fully saturated rings. The lowest BCUT2D eigenvalue weighted by Gasteiger charge is -2.31. The molecule has 1 aromatic carbocycles. The van der Waals surface area contributed by atoms with Gasteiger partial charge in [-0.25, -0.2) is 0 Å². The molecule has 0 aromatic heterocycles. The molecule has 0 unspecified atom stereocenters. The number of aliphatic hydroxyl groups excluding tert-OH is 2. The molecule has 3 rings (SSSR count). The van der Waals surface area contributed by atoms with Gasteiger partial charge in [0.05, 0.1) is 12.2 Å². The number of rotatable bonds is 6. The summed E-state index contributed by atoms with van der Waals surface area (Å²) in [6.07, 6.45) is 9.00. The minimum absolute atomic E-state index is 0.0493. The molecule has 28 heavy (non-hydrogen) atoms. The van der Waals surface area contributed by atoms with Crippen LogP contribution in [-0.2, 0) is 16.0 Å². The number of carbonyl (C=O) groups excluding carboxylic acids is 1. The van der Waals surface area contributed by atoms with Crippen LogP contribution in [-0.4, -0.2) is 34.5 Å². The monoisotopic (exact) mass is 386 g/mol. The van der Waals surface area contributed by atoms with Gasteiger partial charge in [0.15, 0.2) is 0 Å². The number of hydrogen-bond donors (Lipinski definition) is 2. The highest BCUT2D eigenvalue weighted by Gasteiger charge is 2.46. The van der Waals surface area contributed by atoms with Crippen LogP contribution in [0.15, 0.2) is 42.5 Å². The number of ether oxygens (including phenoxy) is 1. The molecule has 0 radical (unpaired) electrons. The summed E-state index contributed by atoms with van der Waals surface area (Å²) in [5.41, 5.74) is 1.24. The van der Waals surface area contributed by atoms with Gasteiger partial charge in [-0.15, -0.1) is 0 Å². The van der Waals surface area contributed by atoms with Gasteiger partial charge in [0.25, 0.3) is 0 Å². The number of allylic oxidation sites excluding steroid dienone is 2. The van der Waals surface area contributed by atoms with E-state index in [1.807, 2.05) is 18.2 Å². The zero-order valence-electron chi connectivity index (χ0n) is 16.9. The predicted molar refractivity (Wildman–Crippen MR) is 110 cm³/mol. The summed E-state index contributed by atoms with van der Waals surface area (Å²) >= 11 is 0. The maximum Gasteiger partial charge on any atom is 0.306 e. The fraction of sp³-hybridized carbons (Fsp3) is 0.625. The predicted octanol–water partition coefficient (Wildman–Crippen LogP) is 4.05. The molecule has 4 heteroatoms. The number of aryl methyl sites for hydroxylation is 1. The molecule has 2 aliphatic rings. The number of aliphatic hydroxyl groups is 2. The van der Waals surface area contributed by atoms with E-state index in [0.29, 0.717) is 19.3 Å². The third kappa shape index (κ3) is 5.68. The van der Waals surface area contributed by atoms with Crippen LogP contribution in [0.4, 0.5) is 0 Å². The normalized spacial score (nSPS) is 31.5. The molecule has 0 saturated heterocycles. The van der Waals surface area contributed by atoms with E-state index in [0.717, 1.165) is 32.1 Å². The molecule has 1 aromatic rings. The Morgan fingerprint density at radius 2 is 2.00 bits per heavy atom. The highest BCUT2D eigenvalue weighted by molar-refractivity contribution is 5.69. The Bertz CT molecular complexity index is 641. The maximum absolute atomic E-state index is 12.1. The second-order valence-corrected chi connectivity index (χ2v) is 8.56. The van der Waals surface area contributed by atoms with Crippen molar-refractivity contribution in [3.63, 3.8) is 0 Å². The van der Waals surface area contributed by atoms with Crippen molar-refractivity contribution < 1.29 is 19.7 Å². The first-order valence-electron chi connectivity index (χ1n) is 10.8. The van der Waals surface area contributed by atoms with Crippen molar-refractivity contribution in [1.29, 1.82) is 0 Å². The lowest BCUT2D eigenvalue weighted by Crippen LogP contribution is -2.31. The van der Waals surface area contributed by atoms with E-state index in [9.17, 15) is 15.0 Å². The van der Waals surface area contributed by atoms with Gasteiger partial charge in [-0.3, -0.25) is 4.79 Å². The number of carbonyl (C=O) groups is 1. The molecule has 2 N–H and O–H groups in total. The molecule has 1 aliphatic heterocycles. The van der Waals surface area contributed by atoms with Crippen LogP contribution < -0.4 is 0 Å². The Morgan fingerprint density at radius 3 is 2.79 bits per heavy atom. The summed E-state index contributed by atoms with van der Waals surface area (Å²) < 4.78 is 5.72. The van der Waals surface area contributed by atoms with Crippen molar-refractivity contribution in [2.75, 3.05) is 0 Å². The van der Waals surface area contributed by atoms with Crippen molar-refractivity contribution in [3.05, 3.63) is 48.0 Å². The van der Waals surface area contributed by atoms with E-state index in [4.69, 9.17) is 4.74 Å². The van der Waals surface area contributed by atoms with Crippen LogP contribution in [0.1, 0.15) is 57.4 Å². The van der Waals surface area contributed by atoms with E-state index >= 15 is 0 Å². The van der Waals surface area contributed by atoms with Crippen LogP contribution in [0, 0.1) is 17.8 Å². The minimum atomic E-state index is -0.478. The summed E-state index contributed by atoms with van der Waals surface area (Å²) in [7, 11) is 0. The lowest BCUT2D eigenvalue weighted by atomic mass is 9.78. The zero-order chi connectivity index (χ0) is 19.9. The Kier molecular flexibility index (Phi) is 7.69. The summed E-state index contributed by atoms with van der Waals surface area (Å²) in [6.45, 7) is 2.12. The summed E-state index contributed by atoms with van der Waals surface area (Å²) in [5.74, 6) is 0.206. The first kappa shape index (κ1) is 21.1. The second-order valence-electron chi connectivity index (χ2n) is 8.56. The Balaban J connectivity index is 1.59. The van der Waals surface area contributed by atoms with E-state index in [-0.39, 0.29) is 35.9 Å². The zero-order valence-corrected chi connectivity index (χ0v) is 16.9. The molecule has 0 amide bonds. The first-order chi connectivity index (χ1) is 13.5. The Morgan fingerprint density at radius 1 is 1.21 bits per heavy atom. The molecule has 1 aliphatic carbocycles. The average molecular weight is 387 g/mol. The van der Waals surface area contributed by atoms with Crippen LogP contribution in [0.3, 0.4) is 0 Å². The molecule has 0 bridgehead atoms. The molecule has 1 heterocycles. The van der Waals surface area contributed by atoms with E-state index in [1.54, 1.807) is 0 Å². The average Bonchev–Trinajstić information content (AvgIpc) is 2.98. The van der Waals surface area contributed by atoms with E-state index in [1.165, 1.54) is 5.56 Å². The quantitative estimate of drug-likeness (QED) is 0.572. The molecular formula is C24H34O4. The fourth-order valence-electron chi connectivity index (χ4n) is 4.99. The van der Waals surface area contributed by atoms with Crippen molar-refractivity contribution >= 4 is 5.97 Å². The molecule has 6 atom stereocenters. The molecule has 0 spiro atoms. The summed E-state index contributed by atoms with van der Waals surface area (Å²) in [4.78, 5) is 12.1. The molecular weight excluding hydrogens is 352 g/mol. The first-order valence-corrected chi connectivity index (χ1v) is 10.8. The van der Waals surface area contributed by atoms with Gasteiger partial charge in [-0.05, 0) is 55.9 Å². The molecule has 154 valence electrons. The van der Waals surface area contributed by atoms with Gasteiger partial charge >= 0.3 is 5.97 Å². The Hall–Kier alpha value is -1.65. The third-order valence-electron chi connectivity index (χ3n) is 6.41. The van der Waals surface area contributed by atoms with Crippen LogP contribution in [0.2, 0.25) is 0 Å². The highest BCUT2D eigenvalue weighted by Crippen LogP contribution is 2.43. The molecule has 4 nitrogen and oxygen atoms in total. The lowest BCUT2D eigenvalue weighted by molar-refractivity contribution is -0.151. The summed E-state index contributed by atoms with van der Waals surface area (Å²) in [5, 5.41) is 21.3. The van der Waals surface area contributed by atoms with Gasteiger partial charge < -0.3 is 14.9 Å². The van der Waals surface area contributed by atoms with Gasteiger partial charge in [-0.1, -0.05) is 49.4 Å². The third-order valence-corrected chi connectivity index (χ3v) is 6.41. The topological polar surface area (TPSA) is 66.8 Å². The number of fused-ring (bicyclic) bond motifs is 1. The smallest absolute Gasteiger partial charge is 0.306 e. The van der Waals surface area contributed by atoms with Gasteiger partial charge in [0, 0.05) is 18.8 Å². The number of esters is 1. The number of benzene rings is 1. The van der Waals surface area contributed by atoms with Crippen LogP contribution >= 0.6 is 0 Å². The fourth-order valence-corrected chi connectivity index (χ4v) is 4.99. The minimum Gasteiger partial charge on any atom is -0.462 e.